The highest BCUT2D eigenvalue weighted by molar-refractivity contribution is 5.69. The van der Waals surface area contributed by atoms with Crippen molar-refractivity contribution < 1.29 is 23.7 Å². The van der Waals surface area contributed by atoms with Gasteiger partial charge in [-0.3, -0.25) is 0 Å². The molecule has 1 aliphatic carbocycles. The molecule has 2 aliphatic rings. The van der Waals surface area contributed by atoms with Gasteiger partial charge in [-0.25, -0.2) is 4.79 Å². The Labute approximate surface area is 217 Å². The zero-order valence-electron chi connectivity index (χ0n) is 23.2. The van der Waals surface area contributed by atoms with Crippen LogP contribution < -0.4 is 19.7 Å². The summed E-state index contributed by atoms with van der Waals surface area (Å²) in [7, 11) is 3.35. The van der Waals surface area contributed by atoms with E-state index in [1.54, 1.807) is 14.2 Å². The van der Waals surface area contributed by atoms with Crippen LogP contribution in [-0.2, 0) is 9.47 Å². The summed E-state index contributed by atoms with van der Waals surface area (Å²) in [5.41, 5.74) is 0.555. The van der Waals surface area contributed by atoms with Gasteiger partial charge in [0.25, 0.3) is 0 Å². The van der Waals surface area contributed by atoms with Crippen molar-refractivity contribution in [3.8, 4) is 11.5 Å². The number of likely N-dealkylation sites (tertiary alicyclic amines) is 1. The number of carbonyl (C=O) groups excluding carboxylic acids is 1. The Morgan fingerprint density at radius 3 is 2.53 bits per heavy atom. The largest absolute Gasteiger partial charge is 0.493 e. The maximum absolute atomic E-state index is 13.3. The number of amides is 1. The molecule has 0 radical (unpaired) electrons. The number of piperidine rings is 1. The molecule has 1 aliphatic heterocycles. The Morgan fingerprint density at radius 1 is 1.11 bits per heavy atom. The smallest absolute Gasteiger partial charge is 0.410 e. The lowest BCUT2D eigenvalue weighted by Gasteiger charge is -2.44. The van der Waals surface area contributed by atoms with Crippen LogP contribution in [0.5, 0.6) is 11.5 Å². The molecule has 0 bridgehead atoms. The second kappa shape index (κ2) is 13.4. The molecule has 2 atom stereocenters. The first-order valence-electron chi connectivity index (χ1n) is 13.5. The van der Waals surface area contributed by atoms with Crippen molar-refractivity contribution in [1.29, 1.82) is 0 Å². The number of nitrogens with one attached hydrogen (secondary N) is 1. The molecule has 36 heavy (non-hydrogen) atoms. The number of hydrogen-bond acceptors (Lipinski definition) is 7. The van der Waals surface area contributed by atoms with E-state index in [-0.39, 0.29) is 18.2 Å². The average molecular weight is 506 g/mol. The minimum absolute atomic E-state index is 0.191. The van der Waals surface area contributed by atoms with Crippen LogP contribution in [0.1, 0.15) is 66.2 Å². The van der Waals surface area contributed by atoms with Crippen LogP contribution in [0, 0.1) is 0 Å². The van der Waals surface area contributed by atoms with Crippen LogP contribution >= 0.6 is 0 Å². The van der Waals surface area contributed by atoms with Gasteiger partial charge in [-0.05, 0) is 78.5 Å². The molecule has 0 spiro atoms. The van der Waals surface area contributed by atoms with Gasteiger partial charge in [-0.1, -0.05) is 0 Å². The highest BCUT2D eigenvalue weighted by atomic mass is 16.6. The van der Waals surface area contributed by atoms with Crippen LogP contribution in [-0.4, -0.2) is 81.8 Å². The number of hydrogen-bond donors (Lipinski definition) is 1. The fourth-order valence-electron chi connectivity index (χ4n) is 4.84. The van der Waals surface area contributed by atoms with Crippen LogP contribution in [0.15, 0.2) is 18.2 Å². The lowest BCUT2D eigenvalue weighted by molar-refractivity contribution is 0.00639. The molecule has 1 N–H and O–H groups in total. The van der Waals surface area contributed by atoms with Crippen molar-refractivity contribution in [2.24, 2.45) is 0 Å². The van der Waals surface area contributed by atoms with E-state index in [1.807, 2.05) is 31.7 Å². The normalized spacial score (nSPS) is 20.2. The van der Waals surface area contributed by atoms with Gasteiger partial charge in [0.05, 0.1) is 13.7 Å². The van der Waals surface area contributed by atoms with E-state index in [9.17, 15) is 4.79 Å². The number of anilines is 1. The maximum atomic E-state index is 13.3. The summed E-state index contributed by atoms with van der Waals surface area (Å²) < 4.78 is 22.5. The SMILES string of the molecule is CCN(c1ccc(OC)c(OCCCOC)c1)[C@@H]1CC[C@H](CCNC2CC2)N(C(=O)OC(C)(C)C)C1. The van der Waals surface area contributed by atoms with E-state index in [0.29, 0.717) is 25.8 Å². The molecule has 0 aromatic heterocycles. The molecule has 1 saturated heterocycles. The van der Waals surface area contributed by atoms with Crippen molar-refractivity contribution in [2.75, 3.05) is 52.0 Å². The van der Waals surface area contributed by atoms with Gasteiger partial charge in [0.2, 0.25) is 0 Å². The number of rotatable bonds is 13. The zero-order chi connectivity index (χ0) is 26.1. The molecule has 0 unspecified atom stereocenters. The van der Waals surface area contributed by atoms with E-state index in [1.165, 1.54) is 12.8 Å². The van der Waals surface area contributed by atoms with Crippen molar-refractivity contribution in [1.82, 2.24) is 10.2 Å². The molecule has 3 rings (SSSR count). The van der Waals surface area contributed by atoms with Gasteiger partial charge in [0, 0.05) is 63.1 Å². The number of likely N-dealkylation sites (N-methyl/N-ethyl adjacent to an activating group) is 1. The quantitative estimate of drug-likeness (QED) is 0.384. The molecule has 8 nitrogen and oxygen atoms in total. The summed E-state index contributed by atoms with van der Waals surface area (Å²) >= 11 is 0. The number of benzene rings is 1. The van der Waals surface area contributed by atoms with Crippen molar-refractivity contribution in [3.05, 3.63) is 18.2 Å². The Balaban J connectivity index is 1.73. The third-order valence-electron chi connectivity index (χ3n) is 6.81. The molecule has 2 fully saturated rings. The Hall–Kier alpha value is -2.19. The van der Waals surface area contributed by atoms with Crippen LogP contribution in [0.2, 0.25) is 0 Å². The number of ether oxygens (including phenoxy) is 4. The minimum atomic E-state index is -0.518. The number of nitrogens with zero attached hydrogens (tertiary/aromatic N) is 2. The van der Waals surface area contributed by atoms with Crippen molar-refractivity contribution >= 4 is 11.8 Å². The van der Waals surface area contributed by atoms with Gasteiger partial charge in [0.15, 0.2) is 11.5 Å². The molecule has 1 saturated carbocycles. The average Bonchev–Trinajstić information content (AvgIpc) is 3.66. The summed E-state index contributed by atoms with van der Waals surface area (Å²) in [6.07, 6.45) is 6.08. The van der Waals surface area contributed by atoms with Gasteiger partial charge >= 0.3 is 6.09 Å². The van der Waals surface area contributed by atoms with Crippen LogP contribution in [0.4, 0.5) is 10.5 Å². The highest BCUT2D eigenvalue weighted by Crippen LogP contribution is 2.35. The molecule has 8 heteroatoms. The standard InChI is InChI=1S/C28H47N3O5/c1-7-30(23-13-14-25(34-6)26(19-23)35-18-8-17-33-5)24-12-11-22(15-16-29-21-9-10-21)31(20-24)27(32)36-28(2,3)4/h13-14,19,21-22,24,29H,7-12,15-18,20H2,1-6H3/t22-,24-/m1/s1. The van der Waals surface area contributed by atoms with Crippen LogP contribution in [0.3, 0.4) is 0 Å². The van der Waals surface area contributed by atoms with Gasteiger partial charge in [-0.2, -0.15) is 0 Å². The highest BCUT2D eigenvalue weighted by Gasteiger charge is 2.36. The predicted octanol–water partition coefficient (Wildman–Crippen LogP) is 4.85. The third-order valence-corrected chi connectivity index (χ3v) is 6.81. The zero-order valence-corrected chi connectivity index (χ0v) is 23.2. The van der Waals surface area contributed by atoms with Gasteiger partial charge < -0.3 is 34.1 Å². The molecule has 1 aromatic carbocycles. The molecule has 1 heterocycles. The summed E-state index contributed by atoms with van der Waals surface area (Å²) in [5, 5.41) is 3.60. The minimum Gasteiger partial charge on any atom is -0.493 e. The summed E-state index contributed by atoms with van der Waals surface area (Å²) in [6, 6.07) is 7.16. The fourth-order valence-corrected chi connectivity index (χ4v) is 4.84. The first-order chi connectivity index (χ1) is 17.3. The first kappa shape index (κ1) is 28.4. The monoisotopic (exact) mass is 505 g/mol. The van der Waals surface area contributed by atoms with E-state index in [4.69, 9.17) is 18.9 Å². The van der Waals surface area contributed by atoms with Gasteiger partial charge in [0.1, 0.15) is 5.60 Å². The lowest BCUT2D eigenvalue weighted by Crippen LogP contribution is -2.55. The Morgan fingerprint density at radius 2 is 1.89 bits per heavy atom. The summed E-state index contributed by atoms with van der Waals surface area (Å²) in [6.45, 7) is 11.6. The molecule has 1 amide bonds. The molecule has 204 valence electrons. The van der Waals surface area contributed by atoms with E-state index in [0.717, 1.165) is 56.0 Å². The van der Waals surface area contributed by atoms with Crippen molar-refractivity contribution in [3.63, 3.8) is 0 Å². The second-order valence-electron chi connectivity index (χ2n) is 10.9. The molecule has 1 aromatic rings. The van der Waals surface area contributed by atoms with E-state index < -0.39 is 5.60 Å². The Kier molecular flexibility index (Phi) is 10.5. The maximum Gasteiger partial charge on any atom is 0.410 e. The number of carbonyl (C=O) groups is 1. The predicted molar refractivity (Wildman–Crippen MR) is 143 cm³/mol. The summed E-state index contributed by atoms with van der Waals surface area (Å²) in [5.74, 6) is 1.45. The lowest BCUT2D eigenvalue weighted by atomic mass is 9.94. The fraction of sp³-hybridized carbons (Fsp3) is 0.750. The topological polar surface area (TPSA) is 72.5 Å². The first-order valence-corrected chi connectivity index (χ1v) is 13.5. The Bertz CT molecular complexity index is 824. The van der Waals surface area contributed by atoms with E-state index in [2.05, 4.69) is 29.3 Å². The molecular formula is C28H47N3O5. The van der Waals surface area contributed by atoms with Crippen molar-refractivity contribution in [2.45, 2.75) is 89.9 Å². The molecular weight excluding hydrogens is 458 g/mol. The third kappa shape index (κ3) is 8.44. The second-order valence-corrected chi connectivity index (χ2v) is 10.9. The van der Waals surface area contributed by atoms with Gasteiger partial charge in [-0.15, -0.1) is 0 Å². The number of methoxy groups -OCH3 is 2. The van der Waals surface area contributed by atoms with Crippen LogP contribution in [0.25, 0.3) is 0 Å². The van der Waals surface area contributed by atoms with E-state index >= 15 is 0 Å². The summed E-state index contributed by atoms with van der Waals surface area (Å²) in [4.78, 5) is 17.6.